The van der Waals surface area contributed by atoms with Gasteiger partial charge in [-0.1, -0.05) is 11.6 Å². The molecule has 0 aromatic heterocycles. The minimum Gasteiger partial charge on any atom is -0.493 e. The van der Waals surface area contributed by atoms with Gasteiger partial charge in [-0.25, -0.2) is 0 Å². The van der Waals surface area contributed by atoms with Gasteiger partial charge in [0.15, 0.2) is 11.5 Å². The summed E-state index contributed by atoms with van der Waals surface area (Å²) in [6.45, 7) is 1.56. The fourth-order valence-electron chi connectivity index (χ4n) is 2.70. The topological polar surface area (TPSA) is 50.8 Å². The highest BCUT2D eigenvalue weighted by Gasteiger charge is 2.20. The van der Waals surface area contributed by atoms with Gasteiger partial charge in [-0.3, -0.25) is 4.79 Å². The number of nitrogens with zero attached hydrogens (tertiary/aromatic N) is 1. The highest BCUT2D eigenvalue weighted by molar-refractivity contribution is 6.32. The minimum absolute atomic E-state index is 0.0189. The summed E-state index contributed by atoms with van der Waals surface area (Å²) in [6.07, 6.45) is 5.30. The SMILES string of the molecule is CNC1CCN(C(=O)C=Cc2cc(Cl)c(OC)c(OC)c2)CC1. The Morgan fingerprint density at radius 3 is 2.57 bits per heavy atom. The molecular formula is C17H23ClN2O3. The van der Waals surface area contributed by atoms with Crippen molar-refractivity contribution in [1.82, 2.24) is 10.2 Å². The first-order chi connectivity index (χ1) is 11.1. The molecule has 1 amide bonds. The van der Waals surface area contributed by atoms with Crippen LogP contribution in [0, 0.1) is 0 Å². The number of carbonyl (C=O) groups is 1. The quantitative estimate of drug-likeness (QED) is 0.838. The standard InChI is InChI=1S/C17H23ClN2O3/c1-19-13-6-8-20(9-7-13)16(21)5-4-12-10-14(18)17(23-3)15(11-12)22-2/h4-5,10-11,13,19H,6-9H2,1-3H3. The lowest BCUT2D eigenvalue weighted by Gasteiger charge is -2.31. The summed E-state index contributed by atoms with van der Waals surface area (Å²) in [7, 11) is 5.05. The van der Waals surface area contributed by atoms with Crippen LogP contribution < -0.4 is 14.8 Å². The van der Waals surface area contributed by atoms with Gasteiger partial charge in [0.1, 0.15) is 0 Å². The lowest BCUT2D eigenvalue weighted by atomic mass is 10.1. The molecule has 1 saturated heterocycles. The largest absolute Gasteiger partial charge is 0.493 e. The van der Waals surface area contributed by atoms with Crippen molar-refractivity contribution in [2.45, 2.75) is 18.9 Å². The number of rotatable bonds is 5. The van der Waals surface area contributed by atoms with E-state index < -0.39 is 0 Å². The number of likely N-dealkylation sites (tertiary alicyclic amines) is 1. The zero-order valence-corrected chi connectivity index (χ0v) is 14.5. The number of nitrogens with one attached hydrogen (secondary N) is 1. The van der Waals surface area contributed by atoms with Crippen LogP contribution in [0.15, 0.2) is 18.2 Å². The van der Waals surface area contributed by atoms with E-state index in [4.69, 9.17) is 21.1 Å². The number of hydrogen-bond donors (Lipinski definition) is 1. The van der Waals surface area contributed by atoms with E-state index >= 15 is 0 Å². The Bertz CT molecular complexity index is 581. The van der Waals surface area contributed by atoms with Gasteiger partial charge in [-0.2, -0.15) is 0 Å². The zero-order chi connectivity index (χ0) is 16.8. The molecule has 0 unspecified atom stereocenters. The number of carbonyl (C=O) groups excluding carboxylic acids is 1. The van der Waals surface area contributed by atoms with Crippen LogP contribution >= 0.6 is 11.6 Å². The van der Waals surface area contributed by atoms with E-state index in [0.717, 1.165) is 31.5 Å². The minimum atomic E-state index is 0.0189. The molecule has 0 radical (unpaired) electrons. The van der Waals surface area contributed by atoms with Crippen LogP contribution in [0.4, 0.5) is 0 Å². The van der Waals surface area contributed by atoms with E-state index in [-0.39, 0.29) is 5.91 Å². The Morgan fingerprint density at radius 1 is 1.30 bits per heavy atom. The number of methoxy groups -OCH3 is 2. The maximum atomic E-state index is 12.3. The Balaban J connectivity index is 2.05. The normalized spacial score (nSPS) is 15.9. The van der Waals surface area contributed by atoms with Crippen molar-refractivity contribution in [2.24, 2.45) is 0 Å². The molecule has 23 heavy (non-hydrogen) atoms. The van der Waals surface area contributed by atoms with Crippen molar-refractivity contribution in [1.29, 1.82) is 0 Å². The molecule has 1 N–H and O–H groups in total. The third-order valence-electron chi connectivity index (χ3n) is 4.09. The van der Waals surface area contributed by atoms with Gasteiger partial charge in [0.05, 0.1) is 19.2 Å². The van der Waals surface area contributed by atoms with E-state index in [0.29, 0.717) is 22.6 Å². The summed E-state index contributed by atoms with van der Waals surface area (Å²) >= 11 is 6.17. The van der Waals surface area contributed by atoms with E-state index in [1.54, 1.807) is 31.4 Å². The maximum Gasteiger partial charge on any atom is 0.246 e. The number of benzene rings is 1. The van der Waals surface area contributed by atoms with Gasteiger partial charge in [-0.05, 0) is 43.7 Å². The van der Waals surface area contributed by atoms with Crippen molar-refractivity contribution in [2.75, 3.05) is 34.4 Å². The van der Waals surface area contributed by atoms with Crippen LogP contribution in [0.2, 0.25) is 5.02 Å². The van der Waals surface area contributed by atoms with Gasteiger partial charge >= 0.3 is 0 Å². The average molecular weight is 339 g/mol. The fraction of sp³-hybridized carbons (Fsp3) is 0.471. The molecular weight excluding hydrogens is 316 g/mol. The van der Waals surface area contributed by atoms with Crippen LogP contribution in [-0.4, -0.2) is 51.2 Å². The fourth-order valence-corrected chi connectivity index (χ4v) is 2.99. The molecule has 1 aromatic rings. The molecule has 1 aromatic carbocycles. The first-order valence-corrected chi connectivity index (χ1v) is 8.02. The van der Waals surface area contributed by atoms with E-state index in [9.17, 15) is 4.79 Å². The Morgan fingerprint density at radius 2 is 2.00 bits per heavy atom. The highest BCUT2D eigenvalue weighted by Crippen LogP contribution is 2.36. The van der Waals surface area contributed by atoms with Gasteiger partial charge in [-0.15, -0.1) is 0 Å². The molecule has 0 spiro atoms. The van der Waals surface area contributed by atoms with Crippen LogP contribution in [0.5, 0.6) is 11.5 Å². The van der Waals surface area contributed by atoms with E-state index in [1.807, 2.05) is 11.9 Å². The summed E-state index contributed by atoms with van der Waals surface area (Å²) in [5.41, 5.74) is 0.797. The van der Waals surface area contributed by atoms with Crippen molar-refractivity contribution < 1.29 is 14.3 Å². The number of ether oxygens (including phenoxy) is 2. The van der Waals surface area contributed by atoms with Crippen LogP contribution in [0.3, 0.4) is 0 Å². The summed E-state index contributed by atoms with van der Waals surface area (Å²) in [4.78, 5) is 14.1. The van der Waals surface area contributed by atoms with Crippen LogP contribution in [0.25, 0.3) is 6.08 Å². The van der Waals surface area contributed by atoms with Crippen molar-refractivity contribution in [3.8, 4) is 11.5 Å². The second-order valence-corrected chi connectivity index (χ2v) is 5.87. The third kappa shape index (κ3) is 4.39. The molecule has 1 aliphatic heterocycles. The lowest BCUT2D eigenvalue weighted by Crippen LogP contribution is -2.43. The summed E-state index contributed by atoms with van der Waals surface area (Å²) in [6, 6.07) is 4.05. The molecule has 0 bridgehead atoms. The zero-order valence-electron chi connectivity index (χ0n) is 13.8. The Labute approximate surface area is 142 Å². The molecule has 1 aliphatic rings. The second kappa shape index (κ2) is 8.22. The maximum absolute atomic E-state index is 12.3. The van der Waals surface area contributed by atoms with Crippen molar-refractivity contribution in [3.63, 3.8) is 0 Å². The third-order valence-corrected chi connectivity index (χ3v) is 4.37. The summed E-state index contributed by atoms with van der Waals surface area (Å²) < 4.78 is 10.5. The van der Waals surface area contributed by atoms with Gasteiger partial charge in [0.25, 0.3) is 0 Å². The van der Waals surface area contributed by atoms with Gasteiger partial charge < -0.3 is 19.7 Å². The number of amides is 1. The van der Waals surface area contributed by atoms with Gasteiger partial charge in [0, 0.05) is 25.2 Å². The average Bonchev–Trinajstić information content (AvgIpc) is 2.59. The second-order valence-electron chi connectivity index (χ2n) is 5.46. The van der Waals surface area contributed by atoms with Crippen molar-refractivity contribution in [3.05, 3.63) is 28.8 Å². The molecule has 0 saturated carbocycles. The highest BCUT2D eigenvalue weighted by atomic mass is 35.5. The monoisotopic (exact) mass is 338 g/mol. The first kappa shape index (κ1) is 17.6. The molecule has 5 nitrogen and oxygen atoms in total. The van der Waals surface area contributed by atoms with Gasteiger partial charge in [0.2, 0.25) is 5.91 Å². The smallest absolute Gasteiger partial charge is 0.246 e. The molecule has 6 heteroatoms. The van der Waals surface area contributed by atoms with Crippen molar-refractivity contribution >= 4 is 23.6 Å². The van der Waals surface area contributed by atoms with E-state index in [1.165, 1.54) is 7.11 Å². The summed E-state index contributed by atoms with van der Waals surface area (Å²) in [5.74, 6) is 1.05. The van der Waals surface area contributed by atoms with Crippen LogP contribution in [-0.2, 0) is 4.79 Å². The lowest BCUT2D eigenvalue weighted by molar-refractivity contribution is -0.127. The Kier molecular flexibility index (Phi) is 6.30. The molecule has 1 fully saturated rings. The molecule has 126 valence electrons. The van der Waals surface area contributed by atoms with E-state index in [2.05, 4.69) is 5.32 Å². The molecule has 2 rings (SSSR count). The first-order valence-electron chi connectivity index (χ1n) is 7.64. The predicted molar refractivity (Wildman–Crippen MR) is 92.3 cm³/mol. The Hall–Kier alpha value is -1.72. The molecule has 0 atom stereocenters. The summed E-state index contributed by atoms with van der Waals surface area (Å²) in [5, 5.41) is 3.71. The predicted octanol–water partition coefficient (Wildman–Crippen LogP) is 2.58. The van der Waals surface area contributed by atoms with Crippen LogP contribution in [0.1, 0.15) is 18.4 Å². The molecule has 1 heterocycles. The number of hydrogen-bond acceptors (Lipinski definition) is 4. The molecule has 0 aliphatic carbocycles. The number of piperidine rings is 1. The number of halogens is 1.